The molecule has 0 aliphatic heterocycles. The fraction of sp³-hybridized carbons (Fsp3) is 1.00. The summed E-state index contributed by atoms with van der Waals surface area (Å²) in [6.45, 7) is -3.70. The highest BCUT2D eigenvalue weighted by Crippen LogP contribution is 2.57. The van der Waals surface area contributed by atoms with Gasteiger partial charge in [0, 0.05) is 22.9 Å². The van der Waals surface area contributed by atoms with E-state index in [1.165, 1.54) is 64.2 Å². The molecule has 1 atom stereocenters. The first-order chi connectivity index (χ1) is 18.0. The van der Waals surface area contributed by atoms with Gasteiger partial charge in [-0.05, 0) is 18.8 Å². The van der Waals surface area contributed by atoms with E-state index in [1.807, 2.05) is 0 Å². The molecule has 0 aromatic heterocycles. The molecule has 0 radical (unpaired) electrons. The number of aliphatic hydroxyl groups is 7. The van der Waals surface area contributed by atoms with Gasteiger partial charge in [0.25, 0.3) is 0 Å². The molecule has 1 aliphatic rings. The van der Waals surface area contributed by atoms with Crippen molar-refractivity contribution in [3.8, 4) is 0 Å². The van der Waals surface area contributed by atoms with E-state index >= 15 is 0 Å². The second kappa shape index (κ2) is 19.7. The van der Waals surface area contributed by atoms with Gasteiger partial charge < -0.3 is 35.7 Å². The van der Waals surface area contributed by atoms with Crippen molar-refractivity contribution in [1.29, 1.82) is 0 Å². The Hall–Kier alpha value is -0.280. The summed E-state index contributed by atoms with van der Waals surface area (Å²) in [5.74, 6) is -0.596. The molecular formula is C30H60O7. The molecule has 1 rings (SSSR count). The fourth-order valence-corrected chi connectivity index (χ4v) is 7.03. The van der Waals surface area contributed by atoms with Crippen molar-refractivity contribution >= 4 is 0 Å². The highest BCUT2D eigenvalue weighted by atomic mass is 16.3. The third kappa shape index (κ3) is 9.12. The molecule has 0 bridgehead atoms. The largest absolute Gasteiger partial charge is 0.396 e. The van der Waals surface area contributed by atoms with Gasteiger partial charge in [-0.15, -0.1) is 0 Å². The van der Waals surface area contributed by atoms with E-state index in [9.17, 15) is 35.7 Å². The zero-order valence-corrected chi connectivity index (χ0v) is 23.6. The highest BCUT2D eigenvalue weighted by molar-refractivity contribution is 5.10. The molecule has 1 fully saturated rings. The van der Waals surface area contributed by atoms with Gasteiger partial charge >= 0.3 is 0 Å². The molecule has 0 heterocycles. The quantitative estimate of drug-likeness (QED) is 0.263. The van der Waals surface area contributed by atoms with Gasteiger partial charge in [-0.25, -0.2) is 0 Å². The number of hydrogen-bond acceptors (Lipinski definition) is 7. The number of hydrogen-bond donors (Lipinski definition) is 7. The zero-order valence-electron chi connectivity index (χ0n) is 23.6. The molecule has 0 saturated heterocycles. The van der Waals surface area contributed by atoms with Crippen molar-refractivity contribution in [2.45, 2.75) is 122 Å². The molecule has 1 saturated carbocycles. The molecule has 1 aliphatic carbocycles. The maximum Gasteiger partial charge on any atom is 0.0523 e. The Morgan fingerprint density at radius 3 is 1.05 bits per heavy atom. The van der Waals surface area contributed by atoms with Crippen molar-refractivity contribution in [1.82, 2.24) is 0 Å². The van der Waals surface area contributed by atoms with E-state index < -0.39 is 61.8 Å². The monoisotopic (exact) mass is 532 g/mol. The lowest BCUT2D eigenvalue weighted by Gasteiger charge is -2.59. The predicted octanol–water partition coefficient (Wildman–Crippen LogP) is 3.93. The first-order valence-corrected chi connectivity index (χ1v) is 15.3. The van der Waals surface area contributed by atoms with Gasteiger partial charge in [-0.3, -0.25) is 0 Å². The first-order valence-electron chi connectivity index (χ1n) is 15.3. The Bertz CT molecular complexity index is 530. The van der Waals surface area contributed by atoms with E-state index in [2.05, 4.69) is 0 Å². The van der Waals surface area contributed by atoms with Crippen LogP contribution in [0.4, 0.5) is 0 Å². The van der Waals surface area contributed by atoms with Crippen molar-refractivity contribution < 1.29 is 35.7 Å². The van der Waals surface area contributed by atoms with Crippen LogP contribution in [0, 0.1) is 22.2 Å². The number of aliphatic hydroxyl groups excluding tert-OH is 7. The average Bonchev–Trinajstić information content (AvgIpc) is 2.93. The first kappa shape index (κ1) is 34.7. The molecule has 7 heteroatoms. The van der Waals surface area contributed by atoms with Crippen LogP contribution in [0.3, 0.4) is 0 Å². The van der Waals surface area contributed by atoms with Crippen LogP contribution in [0.2, 0.25) is 0 Å². The van der Waals surface area contributed by atoms with Crippen molar-refractivity contribution in [2.75, 3.05) is 46.2 Å². The summed E-state index contributed by atoms with van der Waals surface area (Å²) in [5, 5.41) is 74.5. The van der Waals surface area contributed by atoms with Crippen LogP contribution in [0.5, 0.6) is 0 Å². The second-order valence-electron chi connectivity index (χ2n) is 11.9. The smallest absolute Gasteiger partial charge is 0.0523 e. The molecule has 222 valence electrons. The average molecular weight is 533 g/mol. The molecule has 0 amide bonds. The van der Waals surface area contributed by atoms with Crippen molar-refractivity contribution in [3.63, 3.8) is 0 Å². The second-order valence-corrected chi connectivity index (χ2v) is 11.9. The summed E-state index contributed by atoms with van der Waals surface area (Å²) >= 11 is 0. The van der Waals surface area contributed by atoms with Crippen LogP contribution in [0.25, 0.3) is 0 Å². The van der Waals surface area contributed by atoms with Gasteiger partial charge in [0.15, 0.2) is 0 Å². The lowest BCUT2D eigenvalue weighted by Crippen LogP contribution is -2.66. The molecule has 0 spiro atoms. The summed E-state index contributed by atoms with van der Waals surface area (Å²) in [6.07, 6.45) is 20.2. The molecule has 0 aromatic carbocycles. The van der Waals surface area contributed by atoms with Crippen molar-refractivity contribution in [2.24, 2.45) is 22.2 Å². The summed E-state index contributed by atoms with van der Waals surface area (Å²) < 4.78 is 0. The van der Waals surface area contributed by atoms with Crippen LogP contribution < -0.4 is 0 Å². The van der Waals surface area contributed by atoms with Gasteiger partial charge in [-0.1, -0.05) is 109 Å². The molecule has 37 heavy (non-hydrogen) atoms. The van der Waals surface area contributed by atoms with Crippen LogP contribution in [0.15, 0.2) is 0 Å². The molecule has 7 nitrogen and oxygen atoms in total. The minimum atomic E-state index is -1.57. The lowest BCUT2D eigenvalue weighted by atomic mass is 9.46. The Balaban J connectivity index is 3.19. The molecule has 0 aromatic rings. The van der Waals surface area contributed by atoms with E-state index in [1.54, 1.807) is 0 Å². The maximum atomic E-state index is 10.8. The normalized spacial score (nSPS) is 25.9. The minimum Gasteiger partial charge on any atom is -0.396 e. The zero-order chi connectivity index (χ0) is 27.5. The summed E-state index contributed by atoms with van der Waals surface area (Å²) in [5.41, 5.74) is -4.35. The molecular weight excluding hydrogens is 472 g/mol. The van der Waals surface area contributed by atoms with Gasteiger partial charge in [0.05, 0.1) is 39.6 Å². The van der Waals surface area contributed by atoms with Crippen LogP contribution in [-0.2, 0) is 0 Å². The van der Waals surface area contributed by atoms with Crippen LogP contribution in [0.1, 0.15) is 122 Å². The third-order valence-corrected chi connectivity index (χ3v) is 9.89. The van der Waals surface area contributed by atoms with Crippen molar-refractivity contribution in [3.05, 3.63) is 0 Å². The fourth-order valence-electron chi connectivity index (χ4n) is 7.03. The lowest BCUT2D eigenvalue weighted by molar-refractivity contribution is -0.234. The molecule has 7 N–H and O–H groups in total. The van der Waals surface area contributed by atoms with Crippen LogP contribution >= 0.6 is 0 Å². The Morgan fingerprint density at radius 2 is 0.757 bits per heavy atom. The highest BCUT2D eigenvalue weighted by Gasteiger charge is 2.63. The minimum absolute atomic E-state index is 0.324. The van der Waals surface area contributed by atoms with E-state index in [-0.39, 0.29) is 6.61 Å². The van der Waals surface area contributed by atoms with Gasteiger partial charge in [0.2, 0.25) is 0 Å². The van der Waals surface area contributed by atoms with Crippen LogP contribution in [-0.4, -0.2) is 82.0 Å². The van der Waals surface area contributed by atoms with Gasteiger partial charge in [0.1, 0.15) is 0 Å². The topological polar surface area (TPSA) is 142 Å². The Kier molecular flexibility index (Phi) is 18.5. The van der Waals surface area contributed by atoms with E-state index in [0.717, 1.165) is 38.5 Å². The SMILES string of the molecule is OCC1CCCCCCCCCCCCCCCCCCCC(CO)(CO)C(CO)(CO)C1(CO)CO. The predicted molar refractivity (Wildman–Crippen MR) is 148 cm³/mol. The summed E-state index contributed by atoms with van der Waals surface area (Å²) in [6, 6.07) is 0. The summed E-state index contributed by atoms with van der Waals surface area (Å²) in [4.78, 5) is 0. The van der Waals surface area contributed by atoms with E-state index in [4.69, 9.17) is 0 Å². The number of rotatable bonds is 7. The Labute approximate surface area is 226 Å². The maximum absolute atomic E-state index is 10.8. The van der Waals surface area contributed by atoms with Gasteiger partial charge in [-0.2, -0.15) is 0 Å². The standard InChI is InChI=1S/C30H60O7/c31-20-27-18-16-14-12-10-8-6-4-2-1-3-5-7-9-11-13-15-17-19-28(21-32,22-33)30(25-36,26-37)29(27,23-34)24-35/h27,31-37H,1-26H2. The third-order valence-electron chi connectivity index (χ3n) is 9.89. The Morgan fingerprint density at radius 1 is 0.405 bits per heavy atom. The molecule has 1 unspecified atom stereocenters. The summed E-state index contributed by atoms with van der Waals surface area (Å²) in [7, 11) is 0. The van der Waals surface area contributed by atoms with E-state index in [0.29, 0.717) is 19.3 Å².